The van der Waals surface area contributed by atoms with Gasteiger partial charge in [-0.3, -0.25) is 0 Å². The van der Waals surface area contributed by atoms with Crippen molar-refractivity contribution in [2.45, 2.75) is 13.3 Å². The highest BCUT2D eigenvalue weighted by Crippen LogP contribution is 2.25. The van der Waals surface area contributed by atoms with Gasteiger partial charge in [0.1, 0.15) is 5.75 Å². The van der Waals surface area contributed by atoms with Crippen LogP contribution in [-0.4, -0.2) is 12.1 Å². The molecular formula is C13H15NO. The van der Waals surface area contributed by atoms with E-state index in [4.69, 9.17) is 4.74 Å². The lowest BCUT2D eigenvalue weighted by Crippen LogP contribution is -1.84. The molecule has 1 aromatic heterocycles. The first-order valence-electron chi connectivity index (χ1n) is 5.15. The number of hydrogen-bond acceptors (Lipinski definition) is 1. The molecule has 15 heavy (non-hydrogen) atoms. The fourth-order valence-corrected chi connectivity index (χ4v) is 1.73. The number of H-pyrrole nitrogens is 1. The highest BCUT2D eigenvalue weighted by molar-refractivity contribution is 5.67. The van der Waals surface area contributed by atoms with Gasteiger partial charge in [-0.25, -0.2) is 0 Å². The van der Waals surface area contributed by atoms with Crippen LogP contribution in [0, 0.1) is 0 Å². The first-order valence-corrected chi connectivity index (χ1v) is 5.15. The van der Waals surface area contributed by atoms with Crippen LogP contribution >= 0.6 is 0 Å². The van der Waals surface area contributed by atoms with E-state index in [1.165, 1.54) is 16.7 Å². The second-order valence-corrected chi connectivity index (χ2v) is 3.48. The lowest BCUT2D eigenvalue weighted by Gasteiger charge is -2.03. The molecule has 2 nitrogen and oxygen atoms in total. The predicted octanol–water partition coefficient (Wildman–Crippen LogP) is 3.25. The molecule has 0 radical (unpaired) electrons. The number of methoxy groups -OCH3 is 1. The van der Waals surface area contributed by atoms with Crippen molar-refractivity contribution in [2.75, 3.05) is 7.11 Å². The molecule has 0 amide bonds. The normalized spacial score (nSPS) is 10.3. The monoisotopic (exact) mass is 201 g/mol. The Kier molecular flexibility index (Phi) is 2.77. The van der Waals surface area contributed by atoms with E-state index in [9.17, 15) is 0 Å². The second-order valence-electron chi connectivity index (χ2n) is 3.48. The SMILES string of the molecule is CCc1c[nH]cc1-c1ccc(OC)cc1. The van der Waals surface area contributed by atoms with Gasteiger partial charge in [0.25, 0.3) is 0 Å². The van der Waals surface area contributed by atoms with Gasteiger partial charge in [0.05, 0.1) is 7.11 Å². The molecule has 0 bridgehead atoms. The van der Waals surface area contributed by atoms with Gasteiger partial charge in [-0.1, -0.05) is 19.1 Å². The maximum absolute atomic E-state index is 5.14. The number of aromatic nitrogens is 1. The summed E-state index contributed by atoms with van der Waals surface area (Å²) < 4.78 is 5.14. The molecule has 1 N–H and O–H groups in total. The summed E-state index contributed by atoms with van der Waals surface area (Å²) in [5.74, 6) is 0.896. The summed E-state index contributed by atoms with van der Waals surface area (Å²) in [4.78, 5) is 3.15. The van der Waals surface area contributed by atoms with Crippen molar-refractivity contribution in [3.05, 3.63) is 42.2 Å². The van der Waals surface area contributed by atoms with Crippen LogP contribution in [0.25, 0.3) is 11.1 Å². The smallest absolute Gasteiger partial charge is 0.118 e. The minimum absolute atomic E-state index is 0.896. The van der Waals surface area contributed by atoms with E-state index in [1.54, 1.807) is 7.11 Å². The molecule has 0 saturated carbocycles. The highest BCUT2D eigenvalue weighted by atomic mass is 16.5. The Bertz CT molecular complexity index is 428. The lowest BCUT2D eigenvalue weighted by molar-refractivity contribution is 0.415. The van der Waals surface area contributed by atoms with Crippen molar-refractivity contribution in [2.24, 2.45) is 0 Å². The zero-order valence-corrected chi connectivity index (χ0v) is 9.08. The fourth-order valence-electron chi connectivity index (χ4n) is 1.73. The number of benzene rings is 1. The third-order valence-electron chi connectivity index (χ3n) is 2.61. The fraction of sp³-hybridized carbons (Fsp3) is 0.231. The van der Waals surface area contributed by atoms with E-state index in [0.717, 1.165) is 12.2 Å². The van der Waals surface area contributed by atoms with Crippen LogP contribution in [0.15, 0.2) is 36.7 Å². The van der Waals surface area contributed by atoms with Gasteiger partial charge in [0.2, 0.25) is 0 Å². The number of aryl methyl sites for hydroxylation is 1. The number of ether oxygens (including phenoxy) is 1. The summed E-state index contributed by atoms with van der Waals surface area (Å²) in [7, 11) is 1.68. The van der Waals surface area contributed by atoms with Gasteiger partial charge in [-0.2, -0.15) is 0 Å². The van der Waals surface area contributed by atoms with Gasteiger partial charge in [-0.05, 0) is 29.7 Å². The van der Waals surface area contributed by atoms with Crippen molar-refractivity contribution in [3.63, 3.8) is 0 Å². The van der Waals surface area contributed by atoms with Gasteiger partial charge in [0.15, 0.2) is 0 Å². The average Bonchev–Trinajstić information content (AvgIpc) is 2.77. The van der Waals surface area contributed by atoms with E-state index >= 15 is 0 Å². The maximum Gasteiger partial charge on any atom is 0.118 e. The summed E-state index contributed by atoms with van der Waals surface area (Å²) in [6, 6.07) is 8.14. The molecule has 0 atom stereocenters. The van der Waals surface area contributed by atoms with Crippen molar-refractivity contribution >= 4 is 0 Å². The summed E-state index contributed by atoms with van der Waals surface area (Å²) in [5.41, 5.74) is 3.86. The Hall–Kier alpha value is -1.70. The molecule has 2 heteroatoms. The molecule has 1 heterocycles. The Labute approximate surface area is 89.9 Å². The molecule has 1 aromatic carbocycles. The van der Waals surface area contributed by atoms with Crippen molar-refractivity contribution in [1.82, 2.24) is 4.98 Å². The van der Waals surface area contributed by atoms with Crippen LogP contribution in [0.2, 0.25) is 0 Å². The van der Waals surface area contributed by atoms with E-state index < -0.39 is 0 Å². The van der Waals surface area contributed by atoms with Crippen LogP contribution in [0.5, 0.6) is 5.75 Å². The van der Waals surface area contributed by atoms with E-state index in [1.807, 2.05) is 18.3 Å². The molecule has 0 saturated heterocycles. The first kappa shape index (κ1) is 9.84. The van der Waals surface area contributed by atoms with E-state index in [-0.39, 0.29) is 0 Å². The minimum atomic E-state index is 0.896. The van der Waals surface area contributed by atoms with Crippen LogP contribution in [-0.2, 0) is 6.42 Å². The molecular weight excluding hydrogens is 186 g/mol. The first-order chi connectivity index (χ1) is 7.35. The zero-order valence-electron chi connectivity index (χ0n) is 9.08. The van der Waals surface area contributed by atoms with Crippen LogP contribution < -0.4 is 4.74 Å². The summed E-state index contributed by atoms with van der Waals surface area (Å²) in [6.07, 6.45) is 5.14. The molecule has 2 rings (SSSR count). The largest absolute Gasteiger partial charge is 0.497 e. The van der Waals surface area contributed by atoms with Gasteiger partial charge in [-0.15, -0.1) is 0 Å². The third kappa shape index (κ3) is 1.89. The predicted molar refractivity (Wildman–Crippen MR) is 62.2 cm³/mol. The summed E-state index contributed by atoms with van der Waals surface area (Å²) in [6.45, 7) is 2.16. The number of hydrogen-bond donors (Lipinski definition) is 1. The summed E-state index contributed by atoms with van der Waals surface area (Å²) >= 11 is 0. The Morgan fingerprint density at radius 2 is 1.87 bits per heavy atom. The number of aromatic amines is 1. The second kappa shape index (κ2) is 4.22. The van der Waals surface area contributed by atoms with Crippen molar-refractivity contribution in [3.8, 4) is 16.9 Å². The standard InChI is InChI=1S/C13H15NO/c1-3-10-8-14-9-13(10)11-4-6-12(15-2)7-5-11/h4-9,14H,3H2,1-2H3. The van der Waals surface area contributed by atoms with E-state index in [2.05, 4.69) is 30.2 Å². The Morgan fingerprint density at radius 1 is 1.13 bits per heavy atom. The average molecular weight is 201 g/mol. The zero-order chi connectivity index (χ0) is 10.7. The molecule has 0 unspecified atom stereocenters. The van der Waals surface area contributed by atoms with Crippen LogP contribution in [0.4, 0.5) is 0 Å². The third-order valence-corrected chi connectivity index (χ3v) is 2.61. The molecule has 0 fully saturated rings. The van der Waals surface area contributed by atoms with Gasteiger partial charge >= 0.3 is 0 Å². The van der Waals surface area contributed by atoms with Crippen molar-refractivity contribution < 1.29 is 4.74 Å². The molecule has 2 aromatic rings. The molecule has 0 aliphatic carbocycles. The van der Waals surface area contributed by atoms with Gasteiger partial charge < -0.3 is 9.72 Å². The van der Waals surface area contributed by atoms with Crippen LogP contribution in [0.3, 0.4) is 0 Å². The van der Waals surface area contributed by atoms with Crippen LogP contribution in [0.1, 0.15) is 12.5 Å². The molecule has 0 aliphatic rings. The lowest BCUT2D eigenvalue weighted by atomic mass is 10.0. The number of rotatable bonds is 3. The quantitative estimate of drug-likeness (QED) is 0.810. The highest BCUT2D eigenvalue weighted by Gasteiger charge is 2.04. The maximum atomic E-state index is 5.14. The topological polar surface area (TPSA) is 25.0 Å². The Balaban J connectivity index is 2.37. The minimum Gasteiger partial charge on any atom is -0.497 e. The van der Waals surface area contributed by atoms with E-state index in [0.29, 0.717) is 0 Å². The molecule has 0 aliphatic heterocycles. The number of nitrogens with one attached hydrogen (secondary N) is 1. The Morgan fingerprint density at radius 3 is 2.47 bits per heavy atom. The summed E-state index contributed by atoms with van der Waals surface area (Å²) in [5, 5.41) is 0. The molecule has 78 valence electrons. The van der Waals surface area contributed by atoms with Gasteiger partial charge in [0, 0.05) is 18.0 Å². The van der Waals surface area contributed by atoms with Crippen molar-refractivity contribution in [1.29, 1.82) is 0 Å². The molecule has 0 spiro atoms.